The van der Waals surface area contributed by atoms with Crippen molar-refractivity contribution in [3.05, 3.63) is 40.0 Å². The van der Waals surface area contributed by atoms with Gasteiger partial charge in [-0.1, -0.05) is 41.5 Å². The first-order valence-electron chi connectivity index (χ1n) is 10.1. The van der Waals surface area contributed by atoms with Crippen molar-refractivity contribution >= 4 is 42.9 Å². The minimum Gasteiger partial charge on any atom is -0.294 e. The van der Waals surface area contributed by atoms with Crippen LogP contribution in [0.2, 0.25) is 0 Å². The minimum absolute atomic E-state index is 0.0428. The lowest BCUT2D eigenvalue weighted by Gasteiger charge is -2.24. The fourth-order valence-corrected chi connectivity index (χ4v) is 5.89. The molecule has 0 saturated heterocycles. The van der Waals surface area contributed by atoms with E-state index in [0.717, 1.165) is 11.3 Å². The van der Waals surface area contributed by atoms with E-state index in [9.17, 15) is 26.4 Å². The summed E-state index contributed by atoms with van der Waals surface area (Å²) in [5.74, 6) is -0.689. The molecule has 0 unspecified atom stereocenters. The first-order chi connectivity index (χ1) is 14.8. The molecule has 0 atom stereocenters. The maximum Gasteiger partial charge on any atom is 0.247 e. The molecule has 0 saturated carbocycles. The van der Waals surface area contributed by atoms with E-state index in [1.54, 1.807) is 41.5 Å². The van der Waals surface area contributed by atoms with Gasteiger partial charge < -0.3 is 0 Å². The molecule has 2 rings (SSSR count). The standard InChI is InChI=1S/C21H29N3O6S3/c1-7-15-13(9-17(31-15)33(23,29)30)19(26)21(5,6)10-14-16(32(22,27)28)8-12(11-24-14)18(25)20(2,3)4/h8-9,11H,7,10H2,1-6H3,(H2,22,27,28)(H2,23,29,30). The summed E-state index contributed by atoms with van der Waals surface area (Å²) < 4.78 is 47.9. The molecule has 0 bridgehead atoms. The van der Waals surface area contributed by atoms with Crippen LogP contribution < -0.4 is 10.3 Å². The lowest BCUT2D eigenvalue weighted by atomic mass is 9.80. The summed E-state index contributed by atoms with van der Waals surface area (Å²) in [7, 11) is -8.22. The van der Waals surface area contributed by atoms with E-state index < -0.39 is 30.9 Å². The molecule has 182 valence electrons. The molecule has 0 amide bonds. The second-order valence-electron chi connectivity index (χ2n) is 9.48. The molecule has 9 nitrogen and oxygen atoms in total. The third-order valence-corrected chi connectivity index (χ3v) is 8.70. The Labute approximate surface area is 198 Å². The molecule has 12 heteroatoms. The van der Waals surface area contributed by atoms with Gasteiger partial charge in [-0.15, -0.1) is 11.3 Å². The number of pyridine rings is 1. The molecule has 2 aromatic heterocycles. The van der Waals surface area contributed by atoms with Crippen LogP contribution in [0.25, 0.3) is 0 Å². The number of Topliss-reactive ketones (excluding diaryl/α,β-unsaturated/α-hetero) is 2. The zero-order valence-corrected chi connectivity index (χ0v) is 21.9. The smallest absolute Gasteiger partial charge is 0.247 e. The monoisotopic (exact) mass is 515 g/mol. The number of rotatable bonds is 8. The number of nitrogens with zero attached hydrogens (tertiary/aromatic N) is 1. The van der Waals surface area contributed by atoms with Crippen LogP contribution in [0.5, 0.6) is 0 Å². The van der Waals surface area contributed by atoms with Crippen molar-refractivity contribution in [3.63, 3.8) is 0 Å². The maximum atomic E-state index is 13.4. The zero-order valence-electron chi connectivity index (χ0n) is 19.4. The Kier molecular flexibility index (Phi) is 7.42. The second kappa shape index (κ2) is 8.99. The summed E-state index contributed by atoms with van der Waals surface area (Å²) in [6, 6.07) is 2.44. The molecule has 4 N–H and O–H groups in total. The number of ketones is 2. The van der Waals surface area contributed by atoms with Crippen LogP contribution in [0.15, 0.2) is 27.4 Å². The normalized spacial score (nSPS) is 13.2. The van der Waals surface area contributed by atoms with Crippen molar-refractivity contribution in [2.24, 2.45) is 21.1 Å². The number of sulfonamides is 2. The minimum atomic E-state index is -4.25. The quantitative estimate of drug-likeness (QED) is 0.509. The van der Waals surface area contributed by atoms with Crippen molar-refractivity contribution in [1.29, 1.82) is 0 Å². The van der Waals surface area contributed by atoms with E-state index in [-0.39, 0.29) is 43.9 Å². The Bertz CT molecular complexity index is 1320. The Hall–Kier alpha value is -1.99. The van der Waals surface area contributed by atoms with Gasteiger partial charge in [0.25, 0.3) is 0 Å². The van der Waals surface area contributed by atoms with E-state index in [4.69, 9.17) is 10.3 Å². The predicted octanol–water partition coefficient (Wildman–Crippen LogP) is 2.68. The molecule has 0 radical (unpaired) electrons. The summed E-state index contributed by atoms with van der Waals surface area (Å²) in [4.78, 5) is 30.4. The number of hydrogen-bond acceptors (Lipinski definition) is 8. The average Bonchev–Trinajstić information content (AvgIpc) is 3.10. The number of carbonyl (C=O) groups is 2. The molecule has 33 heavy (non-hydrogen) atoms. The summed E-state index contributed by atoms with van der Waals surface area (Å²) in [6.45, 7) is 10.1. The summed E-state index contributed by atoms with van der Waals surface area (Å²) in [5.41, 5.74) is -1.56. The maximum absolute atomic E-state index is 13.4. The number of nitrogens with two attached hydrogens (primary N) is 2. The zero-order chi connectivity index (χ0) is 25.6. The second-order valence-corrected chi connectivity index (χ2v) is 13.9. The summed E-state index contributed by atoms with van der Waals surface area (Å²) in [5, 5.41) is 10.6. The number of carbonyl (C=O) groups excluding carboxylic acids is 2. The van der Waals surface area contributed by atoms with Crippen LogP contribution >= 0.6 is 11.3 Å². The highest BCUT2D eigenvalue weighted by molar-refractivity contribution is 7.91. The van der Waals surface area contributed by atoms with Crippen LogP contribution in [0.4, 0.5) is 0 Å². The predicted molar refractivity (Wildman–Crippen MR) is 126 cm³/mol. The number of primary sulfonamides is 2. The van der Waals surface area contributed by atoms with Crippen LogP contribution in [0, 0.1) is 10.8 Å². The lowest BCUT2D eigenvalue weighted by molar-refractivity contribution is 0.0832. The fraction of sp³-hybridized carbons (Fsp3) is 0.476. The Morgan fingerprint density at radius 3 is 2.00 bits per heavy atom. The van der Waals surface area contributed by atoms with Crippen LogP contribution in [-0.4, -0.2) is 33.4 Å². The van der Waals surface area contributed by atoms with Crippen molar-refractivity contribution < 1.29 is 26.4 Å². The summed E-state index contributed by atoms with van der Waals surface area (Å²) in [6.07, 6.45) is 1.59. The van der Waals surface area contributed by atoms with Gasteiger partial charge in [-0.25, -0.2) is 27.1 Å². The van der Waals surface area contributed by atoms with E-state index in [0.29, 0.717) is 11.3 Å². The SMILES string of the molecule is CCc1sc(S(N)(=O)=O)cc1C(=O)C(C)(C)Cc1ncc(C(=O)C(C)(C)C)cc1S(N)(=O)=O. The highest BCUT2D eigenvalue weighted by Gasteiger charge is 2.35. The highest BCUT2D eigenvalue weighted by atomic mass is 32.2. The topological polar surface area (TPSA) is 167 Å². The van der Waals surface area contributed by atoms with Crippen molar-refractivity contribution in [3.8, 4) is 0 Å². The Morgan fingerprint density at radius 2 is 1.55 bits per heavy atom. The fourth-order valence-electron chi connectivity index (χ4n) is 3.27. The first kappa shape index (κ1) is 27.3. The highest BCUT2D eigenvalue weighted by Crippen LogP contribution is 2.34. The van der Waals surface area contributed by atoms with Crippen molar-refractivity contribution in [2.75, 3.05) is 0 Å². The van der Waals surface area contributed by atoms with Crippen LogP contribution in [0.1, 0.15) is 72.8 Å². The molecular weight excluding hydrogens is 486 g/mol. The van der Waals surface area contributed by atoms with Gasteiger partial charge in [0.1, 0.15) is 9.10 Å². The van der Waals surface area contributed by atoms with E-state index >= 15 is 0 Å². The Balaban J connectivity index is 2.54. The van der Waals surface area contributed by atoms with Gasteiger partial charge >= 0.3 is 0 Å². The van der Waals surface area contributed by atoms with Gasteiger partial charge in [-0.3, -0.25) is 14.6 Å². The van der Waals surface area contributed by atoms with E-state index in [2.05, 4.69) is 4.98 Å². The van der Waals surface area contributed by atoms with E-state index in [1.165, 1.54) is 18.3 Å². The number of thiophene rings is 1. The molecule has 0 aliphatic rings. The number of aromatic nitrogens is 1. The first-order valence-corrected chi connectivity index (χ1v) is 14.0. The average molecular weight is 516 g/mol. The van der Waals surface area contributed by atoms with Crippen molar-refractivity contribution in [2.45, 2.75) is 63.5 Å². The molecular formula is C21H29N3O6S3. The molecule has 0 spiro atoms. The molecule has 0 fully saturated rings. The molecule has 2 heterocycles. The van der Waals surface area contributed by atoms with Gasteiger partial charge in [-0.05, 0) is 18.6 Å². The third kappa shape index (κ3) is 6.12. The number of aryl methyl sites for hydroxylation is 1. The van der Waals surface area contributed by atoms with Crippen LogP contribution in [-0.2, 0) is 32.9 Å². The van der Waals surface area contributed by atoms with Gasteiger partial charge in [0, 0.05) is 39.5 Å². The molecule has 0 aromatic carbocycles. The van der Waals surface area contributed by atoms with Gasteiger partial charge in [0.2, 0.25) is 20.0 Å². The summed E-state index contributed by atoms with van der Waals surface area (Å²) >= 11 is 0.929. The molecule has 0 aliphatic carbocycles. The third-order valence-electron chi connectivity index (χ3n) is 5.04. The van der Waals surface area contributed by atoms with Crippen LogP contribution in [0.3, 0.4) is 0 Å². The number of hydrogen-bond donors (Lipinski definition) is 2. The van der Waals surface area contributed by atoms with Gasteiger partial charge in [0.15, 0.2) is 11.6 Å². The van der Waals surface area contributed by atoms with E-state index in [1.807, 2.05) is 0 Å². The largest absolute Gasteiger partial charge is 0.294 e. The van der Waals surface area contributed by atoms with Crippen molar-refractivity contribution in [1.82, 2.24) is 4.98 Å². The Morgan fingerprint density at radius 1 is 0.970 bits per heavy atom. The van der Waals surface area contributed by atoms with Gasteiger partial charge in [0.05, 0.1) is 5.69 Å². The molecule has 2 aromatic rings. The molecule has 0 aliphatic heterocycles. The lowest BCUT2D eigenvalue weighted by Crippen LogP contribution is -2.30. The van der Waals surface area contributed by atoms with Gasteiger partial charge in [-0.2, -0.15) is 0 Å².